The summed E-state index contributed by atoms with van der Waals surface area (Å²) in [4.78, 5) is 0. The van der Waals surface area contributed by atoms with Crippen LogP contribution in [0.1, 0.15) is 33.1 Å². The Balaban J connectivity index is 2.09. The smallest absolute Gasteiger partial charge is 0.334 e. The molecule has 0 spiro atoms. The van der Waals surface area contributed by atoms with Crippen molar-refractivity contribution >= 4 is 13.3 Å². The number of benzene rings is 1. The monoisotopic (exact) mass is 323 g/mol. The second-order valence-corrected chi connectivity index (χ2v) is 7.43. The van der Waals surface area contributed by atoms with Crippen molar-refractivity contribution in [2.24, 2.45) is 0 Å². The van der Waals surface area contributed by atoms with E-state index < -0.39 is 7.60 Å². The first-order chi connectivity index (χ1) is 10.7. The third kappa shape index (κ3) is 4.98. The molecule has 4 nitrogen and oxygen atoms in total. The van der Waals surface area contributed by atoms with Gasteiger partial charge >= 0.3 is 7.60 Å². The Hall–Kier alpha value is -1.09. The third-order valence-electron chi connectivity index (χ3n) is 3.69. The molecule has 1 unspecified atom stereocenters. The van der Waals surface area contributed by atoms with E-state index >= 15 is 0 Å². The summed E-state index contributed by atoms with van der Waals surface area (Å²) in [6, 6.07) is 10.3. The first kappa shape index (κ1) is 17.3. The van der Waals surface area contributed by atoms with Crippen LogP contribution >= 0.6 is 7.60 Å². The molecule has 1 aliphatic carbocycles. The Kier molecular flexibility index (Phi) is 6.69. The van der Waals surface area contributed by atoms with Crippen LogP contribution in [0.5, 0.6) is 0 Å². The zero-order valence-corrected chi connectivity index (χ0v) is 14.4. The van der Waals surface area contributed by atoms with Crippen LogP contribution in [-0.4, -0.2) is 25.4 Å². The van der Waals surface area contributed by atoms with Gasteiger partial charge in [0.15, 0.2) is 0 Å². The van der Waals surface area contributed by atoms with Crippen molar-refractivity contribution in [3.05, 3.63) is 42.0 Å². The lowest BCUT2D eigenvalue weighted by molar-refractivity contribution is 0.221. The van der Waals surface area contributed by atoms with Gasteiger partial charge in [-0.25, -0.2) is 0 Å². The van der Waals surface area contributed by atoms with Crippen LogP contribution in [0.25, 0.3) is 0 Å². The van der Waals surface area contributed by atoms with Crippen molar-refractivity contribution in [3.8, 4) is 0 Å². The van der Waals surface area contributed by atoms with Crippen molar-refractivity contribution in [3.63, 3.8) is 0 Å². The predicted octanol–water partition coefficient (Wildman–Crippen LogP) is 4.84. The molecule has 0 heterocycles. The molecule has 122 valence electrons. The molecule has 0 aliphatic heterocycles. The Labute approximate surface area is 133 Å². The molecule has 0 fully saturated rings. The summed E-state index contributed by atoms with van der Waals surface area (Å²) in [5, 5.41) is 3.54. The zero-order valence-electron chi connectivity index (χ0n) is 13.5. The first-order valence-electron chi connectivity index (χ1n) is 8.05. The second-order valence-electron chi connectivity index (χ2n) is 5.38. The molecule has 0 amide bonds. The van der Waals surface area contributed by atoms with E-state index in [1.807, 2.05) is 32.0 Å². The summed E-state index contributed by atoms with van der Waals surface area (Å²) < 4.78 is 23.6. The van der Waals surface area contributed by atoms with E-state index in [0.29, 0.717) is 19.4 Å². The van der Waals surface area contributed by atoms with Gasteiger partial charge < -0.3 is 14.4 Å². The lowest BCUT2D eigenvalue weighted by atomic mass is 9.95. The first-order valence-corrected chi connectivity index (χ1v) is 9.78. The lowest BCUT2D eigenvalue weighted by Crippen LogP contribution is -2.26. The highest BCUT2D eigenvalue weighted by Gasteiger charge is 2.29. The van der Waals surface area contributed by atoms with Crippen molar-refractivity contribution in [1.82, 2.24) is 0 Å². The molecule has 5 heteroatoms. The highest BCUT2D eigenvalue weighted by Crippen LogP contribution is 2.50. The van der Waals surface area contributed by atoms with Crippen LogP contribution in [0.4, 0.5) is 5.69 Å². The molecule has 1 atom stereocenters. The van der Waals surface area contributed by atoms with Gasteiger partial charge in [0.05, 0.1) is 19.4 Å². The molecule has 0 bridgehead atoms. The molecule has 2 rings (SSSR count). The highest BCUT2D eigenvalue weighted by atomic mass is 31.2. The fraction of sp³-hybridized carbons (Fsp3) is 0.529. The summed E-state index contributed by atoms with van der Waals surface area (Å²) in [5.74, 6) is 0. The molecule has 0 saturated heterocycles. The van der Waals surface area contributed by atoms with E-state index in [4.69, 9.17) is 9.05 Å². The Morgan fingerprint density at radius 1 is 1.18 bits per heavy atom. The summed E-state index contributed by atoms with van der Waals surface area (Å²) in [6.07, 6.45) is 5.77. The van der Waals surface area contributed by atoms with Crippen molar-refractivity contribution in [1.29, 1.82) is 0 Å². The maximum Gasteiger partial charge on any atom is 0.334 e. The number of nitrogens with one attached hydrogen (secondary N) is 1. The highest BCUT2D eigenvalue weighted by molar-refractivity contribution is 7.54. The van der Waals surface area contributed by atoms with Crippen LogP contribution in [0, 0.1) is 0 Å². The molecule has 1 aromatic carbocycles. The summed E-state index contributed by atoms with van der Waals surface area (Å²) in [7, 11) is -3.04. The largest absolute Gasteiger partial charge is 0.379 e. The van der Waals surface area contributed by atoms with Crippen LogP contribution in [0.3, 0.4) is 0 Å². The van der Waals surface area contributed by atoms with E-state index in [9.17, 15) is 4.57 Å². The predicted molar refractivity (Wildman–Crippen MR) is 91.5 cm³/mol. The van der Waals surface area contributed by atoms with Gasteiger partial charge in [-0.1, -0.05) is 24.3 Å². The average Bonchev–Trinajstić information content (AvgIpc) is 2.51. The molecule has 0 radical (unpaired) electrons. The number of hydrogen-bond donors (Lipinski definition) is 1. The number of allylic oxidation sites excluding steroid dienone is 1. The van der Waals surface area contributed by atoms with Crippen LogP contribution in [-0.2, 0) is 13.6 Å². The summed E-state index contributed by atoms with van der Waals surface area (Å²) >= 11 is 0. The quantitative estimate of drug-likeness (QED) is 0.549. The second kappa shape index (κ2) is 8.52. The maximum absolute atomic E-state index is 12.8. The van der Waals surface area contributed by atoms with Gasteiger partial charge in [-0.15, -0.1) is 0 Å². The lowest BCUT2D eigenvalue weighted by Gasteiger charge is -2.28. The molecule has 0 aromatic heterocycles. The fourth-order valence-corrected chi connectivity index (χ4v) is 4.60. The van der Waals surface area contributed by atoms with Gasteiger partial charge in [0, 0.05) is 11.7 Å². The molecule has 1 aliphatic rings. The van der Waals surface area contributed by atoms with Crippen molar-refractivity contribution in [2.45, 2.75) is 39.2 Å². The number of anilines is 1. The van der Waals surface area contributed by atoms with Gasteiger partial charge in [-0.3, -0.25) is 4.57 Å². The van der Waals surface area contributed by atoms with E-state index in [2.05, 4.69) is 23.5 Å². The van der Waals surface area contributed by atoms with Gasteiger partial charge in [0.2, 0.25) is 0 Å². The molecule has 1 N–H and O–H groups in total. The van der Waals surface area contributed by atoms with E-state index in [-0.39, 0.29) is 6.04 Å². The van der Waals surface area contributed by atoms with Gasteiger partial charge in [0.25, 0.3) is 0 Å². The third-order valence-corrected chi connectivity index (χ3v) is 5.75. The fourth-order valence-electron chi connectivity index (χ4n) is 2.76. The number of hydrogen-bond acceptors (Lipinski definition) is 4. The molecular formula is C17H26NO3P. The van der Waals surface area contributed by atoms with Gasteiger partial charge in [-0.05, 0) is 50.8 Å². The summed E-state index contributed by atoms with van der Waals surface area (Å²) in [5.41, 5.74) is 2.23. The summed E-state index contributed by atoms with van der Waals surface area (Å²) in [6.45, 7) is 4.50. The maximum atomic E-state index is 12.8. The van der Waals surface area contributed by atoms with Crippen molar-refractivity contribution < 1.29 is 13.6 Å². The Morgan fingerprint density at radius 3 is 2.50 bits per heavy atom. The van der Waals surface area contributed by atoms with Crippen molar-refractivity contribution in [2.75, 3.05) is 24.7 Å². The number of para-hydroxylation sites is 1. The van der Waals surface area contributed by atoms with E-state index in [1.165, 1.54) is 0 Å². The normalized spacial score (nSPS) is 18.8. The molecular weight excluding hydrogens is 297 g/mol. The van der Waals surface area contributed by atoms with E-state index in [0.717, 1.165) is 30.5 Å². The Morgan fingerprint density at radius 2 is 1.86 bits per heavy atom. The van der Waals surface area contributed by atoms with Crippen LogP contribution < -0.4 is 5.32 Å². The number of rotatable bonds is 8. The minimum absolute atomic E-state index is 0.199. The molecule has 22 heavy (non-hydrogen) atoms. The SMILES string of the molecule is CCOP(=O)(CC1=CCCCC1Nc1ccccc1)OCC. The minimum atomic E-state index is -3.04. The molecule has 1 aromatic rings. The Bertz CT molecular complexity index is 520. The molecule has 0 saturated carbocycles. The van der Waals surface area contributed by atoms with Crippen LogP contribution in [0.15, 0.2) is 42.0 Å². The zero-order chi connectivity index (χ0) is 15.8. The topological polar surface area (TPSA) is 47.6 Å². The van der Waals surface area contributed by atoms with Crippen LogP contribution in [0.2, 0.25) is 0 Å². The van der Waals surface area contributed by atoms with Gasteiger partial charge in [-0.2, -0.15) is 0 Å². The average molecular weight is 323 g/mol. The minimum Gasteiger partial charge on any atom is -0.379 e. The standard InChI is InChI=1S/C17H26NO3P/c1-3-20-22(19,21-4-2)14-15-10-8-9-13-17(15)18-16-11-6-5-7-12-16/h5-7,10-12,17-18H,3-4,8-9,13-14H2,1-2H3. The van der Waals surface area contributed by atoms with E-state index in [1.54, 1.807) is 0 Å². The van der Waals surface area contributed by atoms with Gasteiger partial charge in [0.1, 0.15) is 0 Å².